The molecular weight excluding hydrogens is 340 g/mol. The van der Waals surface area contributed by atoms with Crippen molar-refractivity contribution in [2.75, 3.05) is 13.7 Å². The molecule has 0 aliphatic heterocycles. The van der Waals surface area contributed by atoms with E-state index in [2.05, 4.69) is 28.6 Å². The molecule has 0 N–H and O–H groups in total. The monoisotopic (exact) mass is 358 g/mol. The normalized spacial score (nSPS) is 12.5. The second-order valence-electron chi connectivity index (χ2n) is 5.25. The minimum absolute atomic E-state index is 0.251. The molecule has 0 radical (unpaired) electrons. The number of hydrogen-bond donors (Lipinski definition) is 0. The summed E-state index contributed by atoms with van der Waals surface area (Å²) in [7, 11) is 1.67. The number of nitrogens with zero attached hydrogens (tertiary/aromatic N) is 2. The number of ether oxygens (including phenoxy) is 1. The molecule has 3 aromatic rings. The molecule has 124 valence electrons. The van der Waals surface area contributed by atoms with E-state index in [1.54, 1.807) is 24.5 Å². The summed E-state index contributed by atoms with van der Waals surface area (Å²) in [5.74, 6) is -0.251. The molecule has 0 saturated heterocycles. The van der Waals surface area contributed by atoms with E-state index >= 15 is 0 Å². The van der Waals surface area contributed by atoms with Crippen molar-refractivity contribution >= 4 is 44.9 Å². The molecule has 0 spiro atoms. The number of para-hydroxylation sites is 1. The summed E-state index contributed by atoms with van der Waals surface area (Å²) in [6, 6.07) is 10.1. The quantitative estimate of drug-likeness (QED) is 0.650. The van der Waals surface area contributed by atoms with Crippen LogP contribution in [-0.2, 0) is 16.1 Å². The molecule has 1 amide bonds. The first-order valence-corrected chi connectivity index (χ1v) is 9.27. The maximum Gasteiger partial charge on any atom is 0.272 e. The van der Waals surface area contributed by atoms with Crippen molar-refractivity contribution in [3.8, 4) is 0 Å². The molecule has 6 heteroatoms. The number of benzene rings is 1. The average Bonchev–Trinajstić information content (AvgIpc) is 3.19. The van der Waals surface area contributed by atoms with Crippen LogP contribution < -0.4 is 4.80 Å². The van der Waals surface area contributed by atoms with Crippen LogP contribution in [0.3, 0.4) is 0 Å². The number of hydrogen-bond acceptors (Lipinski definition) is 4. The van der Waals surface area contributed by atoms with Gasteiger partial charge in [-0.15, -0.1) is 11.3 Å². The molecule has 0 aliphatic rings. The Bertz CT molecular complexity index is 934. The Morgan fingerprint density at radius 2 is 2.21 bits per heavy atom. The van der Waals surface area contributed by atoms with E-state index in [-0.39, 0.29) is 5.91 Å². The third-order valence-corrected chi connectivity index (χ3v) is 5.44. The Kier molecular flexibility index (Phi) is 5.40. The van der Waals surface area contributed by atoms with Gasteiger partial charge in [0.05, 0.1) is 16.8 Å². The lowest BCUT2D eigenvalue weighted by atomic mass is 10.2. The van der Waals surface area contributed by atoms with Gasteiger partial charge in [-0.1, -0.05) is 29.5 Å². The lowest BCUT2D eigenvalue weighted by molar-refractivity contribution is -0.113. The van der Waals surface area contributed by atoms with E-state index in [1.165, 1.54) is 23.0 Å². The molecule has 24 heavy (non-hydrogen) atoms. The van der Waals surface area contributed by atoms with E-state index < -0.39 is 0 Å². The fourth-order valence-corrected chi connectivity index (χ4v) is 4.21. The summed E-state index contributed by atoms with van der Waals surface area (Å²) < 4.78 is 8.40. The van der Waals surface area contributed by atoms with E-state index in [0.717, 1.165) is 15.1 Å². The SMILES string of the molecule is COCCn1c(=NC(=O)/C=C/c2cccs2)sc2cccc(C)c21. The van der Waals surface area contributed by atoms with Crippen molar-refractivity contribution in [3.63, 3.8) is 0 Å². The molecule has 0 aliphatic carbocycles. The highest BCUT2D eigenvalue weighted by Gasteiger charge is 2.09. The van der Waals surface area contributed by atoms with Gasteiger partial charge in [0.2, 0.25) is 0 Å². The summed E-state index contributed by atoms with van der Waals surface area (Å²) in [6.45, 7) is 3.31. The summed E-state index contributed by atoms with van der Waals surface area (Å²) in [5, 5.41) is 1.98. The van der Waals surface area contributed by atoms with E-state index in [4.69, 9.17) is 4.74 Å². The van der Waals surface area contributed by atoms with Gasteiger partial charge in [-0.05, 0) is 36.1 Å². The number of aromatic nitrogens is 1. The molecule has 4 nitrogen and oxygen atoms in total. The fraction of sp³-hybridized carbons (Fsp3) is 0.222. The highest BCUT2D eigenvalue weighted by Crippen LogP contribution is 2.21. The molecule has 0 saturated carbocycles. The van der Waals surface area contributed by atoms with Crippen LogP contribution in [0.1, 0.15) is 10.4 Å². The number of fused-ring (bicyclic) bond motifs is 1. The van der Waals surface area contributed by atoms with Crippen LogP contribution in [0, 0.1) is 6.92 Å². The topological polar surface area (TPSA) is 43.6 Å². The zero-order chi connectivity index (χ0) is 16.9. The number of thiazole rings is 1. The molecule has 0 atom stereocenters. The molecule has 0 bridgehead atoms. The molecule has 2 aromatic heterocycles. The van der Waals surface area contributed by atoms with E-state index in [9.17, 15) is 4.79 Å². The fourth-order valence-electron chi connectivity index (χ4n) is 2.45. The summed E-state index contributed by atoms with van der Waals surface area (Å²) in [4.78, 5) is 18.2. The summed E-state index contributed by atoms with van der Waals surface area (Å²) >= 11 is 3.12. The Balaban J connectivity index is 2.00. The number of carbonyl (C=O) groups is 1. The van der Waals surface area contributed by atoms with E-state index in [1.807, 2.05) is 23.6 Å². The lowest BCUT2D eigenvalue weighted by Crippen LogP contribution is -2.19. The van der Waals surface area contributed by atoms with Crippen molar-refractivity contribution in [1.29, 1.82) is 0 Å². The van der Waals surface area contributed by atoms with Crippen molar-refractivity contribution in [1.82, 2.24) is 4.57 Å². The van der Waals surface area contributed by atoms with Crippen LogP contribution in [0.25, 0.3) is 16.3 Å². The number of amides is 1. The van der Waals surface area contributed by atoms with Gasteiger partial charge in [0.25, 0.3) is 5.91 Å². The second kappa shape index (κ2) is 7.70. The molecule has 3 rings (SSSR count). The van der Waals surface area contributed by atoms with Crippen LogP contribution in [-0.4, -0.2) is 24.2 Å². The minimum atomic E-state index is -0.251. The Hall–Kier alpha value is -2.02. The minimum Gasteiger partial charge on any atom is -0.383 e. The van der Waals surface area contributed by atoms with Gasteiger partial charge in [0, 0.05) is 24.6 Å². The Labute approximate surface area is 148 Å². The van der Waals surface area contributed by atoms with Gasteiger partial charge < -0.3 is 9.30 Å². The maximum absolute atomic E-state index is 12.2. The number of rotatable bonds is 5. The Morgan fingerprint density at radius 1 is 1.33 bits per heavy atom. The van der Waals surface area contributed by atoms with Crippen LogP contribution in [0.4, 0.5) is 0 Å². The standard InChI is InChI=1S/C18H18N2O2S2/c1-13-5-3-7-15-17(13)20(10-11-22-2)18(24-15)19-16(21)9-8-14-6-4-12-23-14/h3-9,12H,10-11H2,1-2H3/b9-8+,19-18?. The van der Waals surface area contributed by atoms with Gasteiger partial charge >= 0.3 is 0 Å². The molecular formula is C18H18N2O2S2. The molecule has 0 fully saturated rings. The number of carbonyl (C=O) groups excluding carboxylic acids is 1. The number of aryl methyl sites for hydroxylation is 1. The van der Waals surface area contributed by atoms with Crippen LogP contribution in [0.2, 0.25) is 0 Å². The van der Waals surface area contributed by atoms with Crippen molar-refractivity contribution in [2.24, 2.45) is 4.99 Å². The van der Waals surface area contributed by atoms with Gasteiger partial charge in [0.1, 0.15) is 0 Å². The first-order chi connectivity index (χ1) is 11.7. The van der Waals surface area contributed by atoms with Crippen LogP contribution >= 0.6 is 22.7 Å². The summed E-state index contributed by atoms with van der Waals surface area (Å²) in [6.07, 6.45) is 3.32. The van der Waals surface area contributed by atoms with Crippen LogP contribution in [0.5, 0.6) is 0 Å². The predicted octanol–water partition coefficient (Wildman–Crippen LogP) is 3.86. The highest BCUT2D eigenvalue weighted by molar-refractivity contribution is 7.16. The highest BCUT2D eigenvalue weighted by atomic mass is 32.1. The summed E-state index contributed by atoms with van der Waals surface area (Å²) in [5.41, 5.74) is 2.29. The van der Waals surface area contributed by atoms with Crippen molar-refractivity contribution in [3.05, 3.63) is 57.0 Å². The number of methoxy groups -OCH3 is 1. The maximum atomic E-state index is 12.2. The lowest BCUT2D eigenvalue weighted by Gasteiger charge is -2.06. The smallest absolute Gasteiger partial charge is 0.272 e. The Morgan fingerprint density at radius 3 is 2.96 bits per heavy atom. The first-order valence-electron chi connectivity index (χ1n) is 7.57. The van der Waals surface area contributed by atoms with Crippen molar-refractivity contribution in [2.45, 2.75) is 13.5 Å². The third-order valence-electron chi connectivity index (χ3n) is 3.56. The molecule has 1 aromatic carbocycles. The average molecular weight is 358 g/mol. The zero-order valence-electron chi connectivity index (χ0n) is 13.6. The van der Waals surface area contributed by atoms with E-state index in [0.29, 0.717) is 18.0 Å². The zero-order valence-corrected chi connectivity index (χ0v) is 15.2. The van der Waals surface area contributed by atoms with Gasteiger partial charge in [-0.3, -0.25) is 4.79 Å². The second-order valence-corrected chi connectivity index (χ2v) is 7.24. The third kappa shape index (κ3) is 3.72. The predicted molar refractivity (Wildman–Crippen MR) is 100 cm³/mol. The van der Waals surface area contributed by atoms with Gasteiger partial charge in [-0.2, -0.15) is 4.99 Å². The largest absolute Gasteiger partial charge is 0.383 e. The van der Waals surface area contributed by atoms with Gasteiger partial charge in [-0.25, -0.2) is 0 Å². The first kappa shape index (κ1) is 16.8. The number of thiophene rings is 1. The molecule has 2 heterocycles. The van der Waals surface area contributed by atoms with Gasteiger partial charge in [0.15, 0.2) is 4.80 Å². The van der Waals surface area contributed by atoms with Crippen molar-refractivity contribution < 1.29 is 9.53 Å². The molecule has 0 unspecified atom stereocenters. The van der Waals surface area contributed by atoms with Crippen LogP contribution in [0.15, 0.2) is 46.8 Å².